The van der Waals surface area contributed by atoms with E-state index < -0.39 is 53.7 Å². The van der Waals surface area contributed by atoms with E-state index in [0.29, 0.717) is 6.07 Å². The molecule has 1 spiro atoms. The number of benzene rings is 1. The Labute approximate surface area is 135 Å². The number of anilines is 1. The van der Waals surface area contributed by atoms with Crippen LogP contribution in [0.15, 0.2) is 18.2 Å². The van der Waals surface area contributed by atoms with Gasteiger partial charge >= 0.3 is 0 Å². The van der Waals surface area contributed by atoms with Gasteiger partial charge in [0.25, 0.3) is 0 Å². The van der Waals surface area contributed by atoms with E-state index in [9.17, 15) is 27.2 Å². The second-order valence-electron chi connectivity index (χ2n) is 6.56. The number of carbonyl (C=O) groups excluding carboxylic acids is 2. The van der Waals surface area contributed by atoms with Gasteiger partial charge in [0.05, 0.1) is 11.1 Å². The lowest BCUT2D eigenvalue weighted by Gasteiger charge is -2.35. The van der Waals surface area contributed by atoms with E-state index >= 15 is 0 Å². The van der Waals surface area contributed by atoms with Crippen LogP contribution in [-0.4, -0.2) is 23.8 Å². The molecule has 1 saturated heterocycles. The van der Waals surface area contributed by atoms with E-state index in [1.807, 2.05) is 0 Å². The van der Waals surface area contributed by atoms with Crippen molar-refractivity contribution in [1.82, 2.24) is 0 Å². The highest BCUT2D eigenvalue weighted by molar-refractivity contribution is 6.06. The molecule has 2 N–H and O–H groups in total. The van der Waals surface area contributed by atoms with Crippen molar-refractivity contribution in [2.45, 2.75) is 44.1 Å². The molecule has 0 bridgehead atoms. The zero-order valence-electron chi connectivity index (χ0n) is 12.7. The van der Waals surface area contributed by atoms with E-state index in [-0.39, 0.29) is 24.9 Å². The van der Waals surface area contributed by atoms with Gasteiger partial charge < -0.3 is 5.73 Å². The Bertz CT molecular complexity index is 677. The Hall–Kier alpha value is -2.12. The summed E-state index contributed by atoms with van der Waals surface area (Å²) in [6.07, 6.45) is -1.12. The van der Waals surface area contributed by atoms with Crippen LogP contribution in [0.5, 0.6) is 0 Å². The molecule has 2 fully saturated rings. The van der Waals surface area contributed by atoms with Crippen LogP contribution in [-0.2, 0) is 9.59 Å². The van der Waals surface area contributed by atoms with Gasteiger partial charge in [-0.15, -0.1) is 0 Å². The Balaban J connectivity index is 1.99. The molecule has 1 aliphatic carbocycles. The predicted octanol–water partition coefficient (Wildman–Crippen LogP) is 2.75. The Morgan fingerprint density at radius 2 is 1.62 bits per heavy atom. The van der Waals surface area contributed by atoms with Crippen molar-refractivity contribution in [2.75, 3.05) is 4.90 Å². The van der Waals surface area contributed by atoms with Gasteiger partial charge in [0, 0.05) is 18.9 Å². The van der Waals surface area contributed by atoms with E-state index in [1.54, 1.807) is 0 Å². The number of alkyl halides is 2. The first-order valence-corrected chi connectivity index (χ1v) is 7.61. The molecule has 1 aromatic rings. The fraction of sp³-hybridized carbons (Fsp3) is 0.500. The maximum absolute atomic E-state index is 13.5. The fourth-order valence-corrected chi connectivity index (χ4v) is 3.66. The molecule has 1 atom stereocenters. The molecule has 1 unspecified atom stereocenters. The van der Waals surface area contributed by atoms with E-state index in [1.165, 1.54) is 0 Å². The topological polar surface area (TPSA) is 63.4 Å². The monoisotopic (exact) mass is 344 g/mol. The third-order valence-corrected chi connectivity index (χ3v) is 4.96. The third-order valence-electron chi connectivity index (χ3n) is 4.96. The summed E-state index contributed by atoms with van der Waals surface area (Å²) in [6.45, 7) is 0. The molecule has 24 heavy (non-hydrogen) atoms. The van der Waals surface area contributed by atoms with Crippen LogP contribution in [0.25, 0.3) is 0 Å². The second-order valence-corrected chi connectivity index (χ2v) is 6.56. The quantitative estimate of drug-likeness (QED) is 0.839. The largest absolute Gasteiger partial charge is 0.368 e. The number of amides is 2. The van der Waals surface area contributed by atoms with Crippen LogP contribution < -0.4 is 10.6 Å². The van der Waals surface area contributed by atoms with Crippen LogP contribution >= 0.6 is 0 Å². The highest BCUT2D eigenvalue weighted by Gasteiger charge is 2.57. The van der Waals surface area contributed by atoms with E-state index in [4.69, 9.17) is 5.73 Å². The smallest absolute Gasteiger partial charge is 0.248 e. The summed E-state index contributed by atoms with van der Waals surface area (Å²) in [5.41, 5.74) is 4.07. The molecule has 2 aliphatic rings. The highest BCUT2D eigenvalue weighted by atomic mass is 19.3. The zero-order valence-corrected chi connectivity index (χ0v) is 12.7. The lowest BCUT2D eigenvalue weighted by atomic mass is 9.71. The molecule has 8 heteroatoms. The third kappa shape index (κ3) is 2.74. The fourth-order valence-electron chi connectivity index (χ4n) is 3.66. The van der Waals surface area contributed by atoms with Gasteiger partial charge in [0.2, 0.25) is 17.7 Å². The SMILES string of the molecule is NC(=O)C1CC2(CCC(F)(F)CC2)C(=O)N1c1cc(F)cc(F)c1. The van der Waals surface area contributed by atoms with Crippen LogP contribution in [0.2, 0.25) is 0 Å². The molecule has 4 nitrogen and oxygen atoms in total. The van der Waals surface area contributed by atoms with E-state index in [2.05, 4.69) is 0 Å². The van der Waals surface area contributed by atoms with Crippen molar-refractivity contribution in [2.24, 2.45) is 11.1 Å². The average Bonchev–Trinajstić information content (AvgIpc) is 2.75. The van der Waals surface area contributed by atoms with Crippen LogP contribution in [0.1, 0.15) is 32.1 Å². The minimum atomic E-state index is -2.84. The summed E-state index contributed by atoms with van der Waals surface area (Å²) in [6, 6.07) is 1.38. The second kappa shape index (κ2) is 5.46. The minimum Gasteiger partial charge on any atom is -0.368 e. The first-order chi connectivity index (χ1) is 11.1. The van der Waals surface area contributed by atoms with Gasteiger partial charge in [0.15, 0.2) is 0 Å². The summed E-state index contributed by atoms with van der Waals surface area (Å²) in [5.74, 6) is -6.06. The number of halogens is 4. The number of carbonyl (C=O) groups is 2. The van der Waals surface area contributed by atoms with Gasteiger partial charge in [-0.25, -0.2) is 17.6 Å². The molecule has 1 aromatic carbocycles. The molecule has 0 radical (unpaired) electrons. The lowest BCUT2D eigenvalue weighted by Crippen LogP contribution is -2.44. The average molecular weight is 344 g/mol. The van der Waals surface area contributed by atoms with Crippen molar-refractivity contribution < 1.29 is 27.2 Å². The number of rotatable bonds is 2. The van der Waals surface area contributed by atoms with Gasteiger partial charge in [-0.05, 0) is 31.4 Å². The van der Waals surface area contributed by atoms with Crippen LogP contribution in [0, 0.1) is 17.0 Å². The minimum absolute atomic E-state index is 0.0185. The normalized spacial score (nSPS) is 25.2. The molecular formula is C16H16F4N2O2. The Morgan fingerprint density at radius 1 is 1.08 bits per heavy atom. The summed E-state index contributed by atoms with van der Waals surface area (Å²) in [5, 5.41) is 0. The number of nitrogens with two attached hydrogens (primary N) is 1. The summed E-state index contributed by atoms with van der Waals surface area (Å²) in [4.78, 5) is 25.6. The van der Waals surface area contributed by atoms with Crippen LogP contribution in [0.4, 0.5) is 23.2 Å². The maximum atomic E-state index is 13.5. The van der Waals surface area contributed by atoms with Gasteiger partial charge in [-0.3, -0.25) is 14.5 Å². The van der Waals surface area contributed by atoms with E-state index in [0.717, 1.165) is 17.0 Å². The van der Waals surface area contributed by atoms with Crippen LogP contribution in [0.3, 0.4) is 0 Å². The van der Waals surface area contributed by atoms with Crippen molar-refractivity contribution in [1.29, 1.82) is 0 Å². The Morgan fingerprint density at radius 3 is 2.12 bits per heavy atom. The zero-order chi connectivity index (χ0) is 17.7. The maximum Gasteiger partial charge on any atom is 0.248 e. The number of hydrogen-bond acceptors (Lipinski definition) is 2. The first-order valence-electron chi connectivity index (χ1n) is 7.61. The highest BCUT2D eigenvalue weighted by Crippen LogP contribution is 2.52. The molecule has 3 rings (SSSR count). The molecular weight excluding hydrogens is 328 g/mol. The molecule has 1 saturated carbocycles. The molecule has 1 aliphatic heterocycles. The summed E-state index contributed by atoms with van der Waals surface area (Å²) in [7, 11) is 0. The number of nitrogens with zero attached hydrogens (tertiary/aromatic N) is 1. The molecule has 130 valence electrons. The standard InChI is InChI=1S/C16H16F4N2O2/c17-9-5-10(18)7-11(6-9)22-12(13(21)23)8-15(14(22)24)1-3-16(19,20)4-2-15/h5-7,12H,1-4,8H2,(H2,21,23). The molecule has 2 amide bonds. The summed E-state index contributed by atoms with van der Waals surface area (Å²) >= 11 is 0. The van der Waals surface area contributed by atoms with Crippen molar-refractivity contribution in [3.05, 3.63) is 29.8 Å². The first kappa shape index (κ1) is 16.7. The summed E-state index contributed by atoms with van der Waals surface area (Å²) < 4.78 is 53.8. The van der Waals surface area contributed by atoms with Gasteiger partial charge in [-0.1, -0.05) is 0 Å². The van der Waals surface area contributed by atoms with Crippen molar-refractivity contribution in [3.8, 4) is 0 Å². The molecule has 1 heterocycles. The van der Waals surface area contributed by atoms with Gasteiger partial charge in [0.1, 0.15) is 17.7 Å². The molecule has 0 aromatic heterocycles. The lowest BCUT2D eigenvalue weighted by molar-refractivity contribution is -0.132. The predicted molar refractivity (Wildman–Crippen MR) is 77.3 cm³/mol. The number of primary amides is 1. The van der Waals surface area contributed by atoms with Gasteiger partial charge in [-0.2, -0.15) is 0 Å². The number of hydrogen-bond donors (Lipinski definition) is 1. The van der Waals surface area contributed by atoms with Crippen molar-refractivity contribution in [3.63, 3.8) is 0 Å². The van der Waals surface area contributed by atoms with Crippen molar-refractivity contribution >= 4 is 17.5 Å². The Kier molecular flexibility index (Phi) is 3.80.